The first-order chi connectivity index (χ1) is 8.29. The lowest BCUT2D eigenvalue weighted by atomic mass is 10.0. The molecule has 0 fully saturated rings. The van der Waals surface area contributed by atoms with E-state index in [9.17, 15) is 13.2 Å². The molecule has 1 aromatic heterocycles. The molecule has 102 valence electrons. The molecule has 0 radical (unpaired) electrons. The maximum Gasteiger partial charge on any atom is 0.433 e. The number of anilines is 1. The number of nitrogens with one attached hydrogen (secondary N) is 1. The second-order valence-corrected chi connectivity index (χ2v) is 4.68. The van der Waals surface area contributed by atoms with Crippen LogP contribution in [0.25, 0.3) is 0 Å². The van der Waals surface area contributed by atoms with Gasteiger partial charge in [-0.3, -0.25) is 0 Å². The third-order valence-corrected chi connectivity index (χ3v) is 2.36. The summed E-state index contributed by atoms with van der Waals surface area (Å²) in [5.41, 5.74) is 4.94. The Kier molecular flexibility index (Phi) is 4.95. The summed E-state index contributed by atoms with van der Waals surface area (Å²) in [7, 11) is 0. The van der Waals surface area contributed by atoms with Gasteiger partial charge in [0.05, 0.1) is 0 Å². The van der Waals surface area contributed by atoms with Gasteiger partial charge in [-0.2, -0.15) is 13.2 Å². The van der Waals surface area contributed by atoms with Gasteiger partial charge in [0, 0.05) is 12.6 Å². The van der Waals surface area contributed by atoms with Crippen molar-refractivity contribution in [1.82, 2.24) is 4.98 Å². The molecular weight excluding hydrogens is 243 g/mol. The van der Waals surface area contributed by atoms with E-state index in [1.807, 2.05) is 13.8 Å². The van der Waals surface area contributed by atoms with Crippen LogP contribution < -0.4 is 11.1 Å². The molecule has 0 aromatic carbocycles. The third-order valence-electron chi connectivity index (χ3n) is 2.36. The fourth-order valence-corrected chi connectivity index (χ4v) is 1.62. The van der Waals surface area contributed by atoms with E-state index >= 15 is 0 Å². The average Bonchev–Trinajstić information content (AvgIpc) is 2.25. The molecule has 3 nitrogen and oxygen atoms in total. The first kappa shape index (κ1) is 14.8. The number of hydrogen-bond acceptors (Lipinski definition) is 3. The number of hydrogen-bond donors (Lipinski definition) is 2. The monoisotopic (exact) mass is 261 g/mol. The van der Waals surface area contributed by atoms with Crippen molar-refractivity contribution in [3.05, 3.63) is 23.9 Å². The van der Waals surface area contributed by atoms with E-state index in [1.54, 1.807) is 0 Å². The zero-order valence-electron chi connectivity index (χ0n) is 10.5. The third kappa shape index (κ3) is 4.91. The number of aromatic nitrogens is 1. The van der Waals surface area contributed by atoms with Crippen LogP contribution in [-0.4, -0.2) is 17.6 Å². The number of alkyl halides is 3. The summed E-state index contributed by atoms with van der Waals surface area (Å²) >= 11 is 0. The van der Waals surface area contributed by atoms with Crippen LogP contribution in [0.4, 0.5) is 19.0 Å². The Hall–Kier alpha value is -1.30. The van der Waals surface area contributed by atoms with Crippen LogP contribution in [0.15, 0.2) is 18.2 Å². The van der Waals surface area contributed by atoms with Crippen molar-refractivity contribution in [1.29, 1.82) is 0 Å². The van der Waals surface area contributed by atoms with Crippen LogP contribution in [0, 0.1) is 5.92 Å². The summed E-state index contributed by atoms with van der Waals surface area (Å²) in [4.78, 5) is 3.50. The van der Waals surface area contributed by atoms with E-state index in [0.717, 1.165) is 12.5 Å². The molecule has 1 unspecified atom stereocenters. The minimum atomic E-state index is -4.42. The van der Waals surface area contributed by atoms with Gasteiger partial charge in [0.25, 0.3) is 0 Å². The van der Waals surface area contributed by atoms with Gasteiger partial charge in [0.1, 0.15) is 11.5 Å². The molecule has 0 aliphatic carbocycles. The van der Waals surface area contributed by atoms with Gasteiger partial charge in [0.15, 0.2) is 0 Å². The number of nitrogens with zero attached hydrogens (tertiary/aromatic N) is 1. The van der Waals surface area contributed by atoms with Crippen LogP contribution in [-0.2, 0) is 6.18 Å². The van der Waals surface area contributed by atoms with E-state index in [2.05, 4.69) is 10.3 Å². The molecule has 0 saturated heterocycles. The van der Waals surface area contributed by atoms with Gasteiger partial charge >= 0.3 is 6.18 Å². The van der Waals surface area contributed by atoms with Crippen LogP contribution in [0.1, 0.15) is 26.0 Å². The SMILES string of the molecule is CC(C)CC(N)CNc1cccc(C(F)(F)F)n1. The van der Waals surface area contributed by atoms with Gasteiger partial charge < -0.3 is 11.1 Å². The molecule has 1 heterocycles. The van der Waals surface area contributed by atoms with Gasteiger partial charge in [-0.15, -0.1) is 0 Å². The highest BCUT2D eigenvalue weighted by molar-refractivity contribution is 5.36. The average molecular weight is 261 g/mol. The van der Waals surface area contributed by atoms with Crippen molar-refractivity contribution in [2.45, 2.75) is 32.5 Å². The Morgan fingerprint density at radius 1 is 1.33 bits per heavy atom. The molecule has 0 aliphatic rings. The first-order valence-corrected chi connectivity index (χ1v) is 5.82. The summed E-state index contributed by atoms with van der Waals surface area (Å²) in [6.07, 6.45) is -3.61. The second-order valence-electron chi connectivity index (χ2n) is 4.68. The summed E-state index contributed by atoms with van der Waals surface area (Å²) in [6.45, 7) is 4.50. The summed E-state index contributed by atoms with van der Waals surface area (Å²) in [5, 5.41) is 2.83. The summed E-state index contributed by atoms with van der Waals surface area (Å²) in [6, 6.07) is 3.67. The van der Waals surface area contributed by atoms with Crippen LogP contribution >= 0.6 is 0 Å². The minimum absolute atomic E-state index is 0.0960. The number of nitrogens with two attached hydrogens (primary N) is 1. The number of halogens is 3. The molecule has 1 rings (SSSR count). The Morgan fingerprint density at radius 3 is 2.56 bits per heavy atom. The lowest BCUT2D eigenvalue weighted by Gasteiger charge is -2.15. The Labute approximate surface area is 105 Å². The van der Waals surface area contributed by atoms with E-state index < -0.39 is 11.9 Å². The minimum Gasteiger partial charge on any atom is -0.369 e. The number of pyridine rings is 1. The molecule has 1 atom stereocenters. The van der Waals surface area contributed by atoms with Crippen molar-refractivity contribution in [2.24, 2.45) is 11.7 Å². The van der Waals surface area contributed by atoms with Crippen LogP contribution in [0.5, 0.6) is 0 Å². The fraction of sp³-hybridized carbons (Fsp3) is 0.583. The zero-order valence-corrected chi connectivity index (χ0v) is 10.5. The molecule has 0 bridgehead atoms. The van der Waals surface area contributed by atoms with Gasteiger partial charge in [-0.05, 0) is 24.5 Å². The largest absolute Gasteiger partial charge is 0.433 e. The van der Waals surface area contributed by atoms with E-state index in [-0.39, 0.29) is 11.9 Å². The highest BCUT2D eigenvalue weighted by Gasteiger charge is 2.32. The smallest absolute Gasteiger partial charge is 0.369 e. The fourth-order valence-electron chi connectivity index (χ4n) is 1.62. The molecule has 0 spiro atoms. The molecule has 0 amide bonds. The lowest BCUT2D eigenvalue weighted by Crippen LogP contribution is -2.30. The van der Waals surface area contributed by atoms with E-state index in [0.29, 0.717) is 12.5 Å². The summed E-state index contributed by atoms with van der Waals surface area (Å²) in [5.74, 6) is 0.653. The first-order valence-electron chi connectivity index (χ1n) is 5.82. The molecule has 18 heavy (non-hydrogen) atoms. The van der Waals surface area contributed by atoms with Crippen molar-refractivity contribution in [2.75, 3.05) is 11.9 Å². The topological polar surface area (TPSA) is 50.9 Å². The molecule has 6 heteroatoms. The Balaban J connectivity index is 2.58. The maximum absolute atomic E-state index is 12.4. The highest BCUT2D eigenvalue weighted by Crippen LogP contribution is 2.28. The lowest BCUT2D eigenvalue weighted by molar-refractivity contribution is -0.141. The van der Waals surface area contributed by atoms with E-state index in [1.165, 1.54) is 12.1 Å². The standard InChI is InChI=1S/C12H18F3N3/c1-8(2)6-9(16)7-17-11-5-3-4-10(18-11)12(13,14)15/h3-5,8-9H,6-7,16H2,1-2H3,(H,17,18). The molecule has 1 aromatic rings. The van der Waals surface area contributed by atoms with Crippen molar-refractivity contribution in [3.63, 3.8) is 0 Å². The van der Waals surface area contributed by atoms with E-state index in [4.69, 9.17) is 5.73 Å². The number of rotatable bonds is 5. The normalized spacial score (nSPS) is 13.7. The maximum atomic E-state index is 12.4. The van der Waals surface area contributed by atoms with Crippen molar-refractivity contribution < 1.29 is 13.2 Å². The van der Waals surface area contributed by atoms with Crippen LogP contribution in [0.2, 0.25) is 0 Å². The molecule has 0 saturated carbocycles. The second kappa shape index (κ2) is 6.04. The molecular formula is C12H18F3N3. The Bertz CT molecular complexity index is 377. The molecule has 0 aliphatic heterocycles. The van der Waals surface area contributed by atoms with Gasteiger partial charge in [-0.1, -0.05) is 19.9 Å². The Morgan fingerprint density at radius 2 is 2.00 bits per heavy atom. The van der Waals surface area contributed by atoms with Gasteiger partial charge in [0.2, 0.25) is 0 Å². The predicted molar refractivity (Wildman–Crippen MR) is 65.2 cm³/mol. The quantitative estimate of drug-likeness (QED) is 0.857. The van der Waals surface area contributed by atoms with Gasteiger partial charge in [-0.25, -0.2) is 4.98 Å². The predicted octanol–water partition coefficient (Wildman–Crippen LogP) is 2.89. The summed E-state index contributed by atoms with van der Waals surface area (Å²) < 4.78 is 37.3. The van der Waals surface area contributed by atoms with Crippen molar-refractivity contribution >= 4 is 5.82 Å². The highest BCUT2D eigenvalue weighted by atomic mass is 19.4. The zero-order chi connectivity index (χ0) is 13.8. The van der Waals surface area contributed by atoms with Crippen LogP contribution in [0.3, 0.4) is 0 Å². The van der Waals surface area contributed by atoms with Crippen molar-refractivity contribution in [3.8, 4) is 0 Å². The molecule has 3 N–H and O–H groups in total.